The lowest BCUT2D eigenvalue weighted by molar-refractivity contribution is 0.231. The molecule has 0 amide bonds. The number of hydrogen-bond donors (Lipinski definition) is 1. The highest BCUT2D eigenvalue weighted by Gasteiger charge is 2.41. The second kappa shape index (κ2) is 7.85. The van der Waals surface area contributed by atoms with Gasteiger partial charge in [0.15, 0.2) is 11.5 Å². The summed E-state index contributed by atoms with van der Waals surface area (Å²) < 4.78 is 2.14. The van der Waals surface area contributed by atoms with Gasteiger partial charge in [-0.05, 0) is 60.9 Å². The van der Waals surface area contributed by atoms with Crippen molar-refractivity contribution in [3.63, 3.8) is 0 Å². The van der Waals surface area contributed by atoms with Crippen molar-refractivity contribution in [2.24, 2.45) is 5.41 Å². The van der Waals surface area contributed by atoms with Crippen molar-refractivity contribution < 1.29 is 0 Å². The van der Waals surface area contributed by atoms with E-state index in [4.69, 9.17) is 38.9 Å². The second-order valence-electron chi connectivity index (χ2n) is 9.50. The van der Waals surface area contributed by atoms with Gasteiger partial charge < -0.3 is 10.6 Å². The number of nitrogens with zero attached hydrogens (tertiary/aromatic N) is 6. The summed E-state index contributed by atoms with van der Waals surface area (Å²) in [5.41, 5.74) is 11.5. The number of rotatable bonds is 3. The number of pyridine rings is 3. The van der Waals surface area contributed by atoms with Gasteiger partial charge >= 0.3 is 0 Å². The zero-order valence-electron chi connectivity index (χ0n) is 18.7. The number of halogens is 2. The predicted molar refractivity (Wildman–Crippen MR) is 140 cm³/mol. The van der Waals surface area contributed by atoms with Crippen LogP contribution in [-0.4, -0.2) is 37.4 Å². The average molecular weight is 522 g/mol. The molecule has 0 unspecified atom stereocenters. The molecule has 5 aromatic rings. The Morgan fingerprint density at radius 3 is 2.69 bits per heavy atom. The molecule has 5 aromatic heterocycles. The van der Waals surface area contributed by atoms with Crippen LogP contribution in [0.15, 0.2) is 52.6 Å². The van der Waals surface area contributed by atoms with Crippen LogP contribution in [0.2, 0.25) is 10.0 Å². The van der Waals surface area contributed by atoms with Gasteiger partial charge in [-0.2, -0.15) is 0 Å². The minimum atomic E-state index is 0.282. The zero-order valence-corrected chi connectivity index (χ0v) is 21.0. The molecule has 10 heteroatoms. The van der Waals surface area contributed by atoms with Crippen molar-refractivity contribution in [2.75, 3.05) is 23.7 Å². The van der Waals surface area contributed by atoms with E-state index in [9.17, 15) is 0 Å². The third kappa shape index (κ3) is 3.42. The first-order valence-corrected chi connectivity index (χ1v) is 13.1. The number of nitrogen functional groups attached to an aromatic ring is 1. The molecule has 0 saturated carbocycles. The maximum Gasteiger partial charge on any atom is 0.157 e. The number of fused-ring (bicyclic) bond motifs is 1. The first-order valence-electron chi connectivity index (χ1n) is 11.6. The van der Waals surface area contributed by atoms with Gasteiger partial charge in [-0.15, -0.1) is 0 Å². The maximum atomic E-state index is 6.38. The van der Waals surface area contributed by atoms with Gasteiger partial charge in [-0.1, -0.05) is 35.0 Å². The average Bonchev–Trinajstić information content (AvgIpc) is 3.54. The molecular weight excluding hydrogens is 501 g/mol. The molecule has 1 fully saturated rings. The molecule has 0 atom stereocenters. The molecule has 0 aromatic carbocycles. The Bertz CT molecular complexity index is 1590. The van der Waals surface area contributed by atoms with Crippen LogP contribution >= 0.6 is 35.0 Å². The summed E-state index contributed by atoms with van der Waals surface area (Å²) in [6.45, 7) is 1.94. The highest BCUT2D eigenvalue weighted by Crippen LogP contribution is 2.46. The van der Waals surface area contributed by atoms with Gasteiger partial charge in [0, 0.05) is 36.1 Å². The number of imidazole rings is 2. The standard InChI is InChI=1S/C25H21Cl2N7S/c26-15-9-14-10-25(11-16(14)30-12-15)4-7-33(8-5-25)23-17-13-31-24-19(1-2-20(32-23)34(17)24)35-18-3-6-29-22(28)21(18)27/h1-3,6,9,12-13H,4-5,7-8,10-11H2,(H2,28,29). The molecule has 6 heterocycles. The van der Waals surface area contributed by atoms with Crippen molar-refractivity contribution in [3.8, 4) is 0 Å². The Labute approximate surface area is 216 Å². The minimum Gasteiger partial charge on any atom is -0.382 e. The van der Waals surface area contributed by atoms with Crippen LogP contribution in [0.4, 0.5) is 11.6 Å². The lowest BCUT2D eigenvalue weighted by Crippen LogP contribution is -2.41. The number of nitrogens with two attached hydrogens (primary N) is 1. The van der Waals surface area contributed by atoms with Gasteiger partial charge in [-0.3, -0.25) is 9.38 Å². The van der Waals surface area contributed by atoms with Gasteiger partial charge in [0.2, 0.25) is 0 Å². The summed E-state index contributed by atoms with van der Waals surface area (Å²) in [5.74, 6) is 1.34. The quantitative estimate of drug-likeness (QED) is 0.333. The van der Waals surface area contributed by atoms with E-state index in [0.717, 1.165) is 76.2 Å². The van der Waals surface area contributed by atoms with E-state index < -0.39 is 0 Å². The fourth-order valence-corrected chi connectivity index (χ4v) is 6.95. The molecule has 2 aliphatic rings. The Kier molecular flexibility index (Phi) is 4.81. The summed E-state index contributed by atoms with van der Waals surface area (Å²) >= 11 is 14.1. The van der Waals surface area contributed by atoms with Gasteiger partial charge in [-0.25, -0.2) is 15.0 Å². The van der Waals surface area contributed by atoms with Gasteiger partial charge in [0.25, 0.3) is 0 Å². The summed E-state index contributed by atoms with van der Waals surface area (Å²) in [7, 11) is 0. The third-order valence-electron chi connectivity index (χ3n) is 7.40. The molecule has 2 N–H and O–H groups in total. The van der Waals surface area contributed by atoms with Crippen molar-refractivity contribution in [1.29, 1.82) is 0 Å². The molecule has 0 bridgehead atoms. The Balaban J connectivity index is 1.16. The van der Waals surface area contributed by atoms with Gasteiger partial charge in [0.05, 0.1) is 21.1 Å². The number of hydrogen-bond acceptors (Lipinski definition) is 7. The van der Waals surface area contributed by atoms with Gasteiger partial charge in [0.1, 0.15) is 17.0 Å². The smallest absolute Gasteiger partial charge is 0.157 e. The van der Waals surface area contributed by atoms with E-state index >= 15 is 0 Å². The minimum absolute atomic E-state index is 0.282. The van der Waals surface area contributed by atoms with Crippen LogP contribution in [0.25, 0.3) is 16.8 Å². The van der Waals surface area contributed by atoms with Crippen LogP contribution < -0.4 is 10.6 Å². The van der Waals surface area contributed by atoms with Crippen LogP contribution in [-0.2, 0) is 12.8 Å². The Hall–Kier alpha value is -2.81. The van der Waals surface area contributed by atoms with E-state index in [0.29, 0.717) is 10.8 Å². The summed E-state index contributed by atoms with van der Waals surface area (Å²) in [6.07, 6.45) is 9.70. The van der Waals surface area contributed by atoms with E-state index in [1.807, 2.05) is 24.4 Å². The predicted octanol–water partition coefficient (Wildman–Crippen LogP) is 5.54. The first-order chi connectivity index (χ1) is 17.0. The Morgan fingerprint density at radius 1 is 0.971 bits per heavy atom. The van der Waals surface area contributed by atoms with Crippen molar-refractivity contribution in [3.05, 3.63) is 64.2 Å². The summed E-state index contributed by atoms with van der Waals surface area (Å²) in [6, 6.07) is 8.05. The van der Waals surface area contributed by atoms with Crippen LogP contribution in [0.3, 0.4) is 0 Å². The van der Waals surface area contributed by atoms with Crippen LogP contribution in [0.5, 0.6) is 0 Å². The normalized spacial score (nSPS) is 17.1. The van der Waals surface area contributed by atoms with Crippen molar-refractivity contribution >= 4 is 63.4 Å². The fraction of sp³-hybridized carbons (Fsp3) is 0.280. The van der Waals surface area contributed by atoms with E-state index in [1.165, 1.54) is 23.0 Å². The molecule has 7 rings (SSSR count). The number of anilines is 2. The summed E-state index contributed by atoms with van der Waals surface area (Å²) in [4.78, 5) is 22.7. The molecule has 7 nitrogen and oxygen atoms in total. The molecule has 1 aliphatic heterocycles. The number of piperidine rings is 1. The van der Waals surface area contributed by atoms with Crippen molar-refractivity contribution in [2.45, 2.75) is 35.5 Å². The molecule has 176 valence electrons. The zero-order chi connectivity index (χ0) is 23.7. The number of aromatic nitrogens is 5. The van der Waals surface area contributed by atoms with Crippen LogP contribution in [0.1, 0.15) is 24.1 Å². The van der Waals surface area contributed by atoms with E-state index in [1.54, 1.807) is 12.4 Å². The largest absolute Gasteiger partial charge is 0.382 e. The van der Waals surface area contributed by atoms with E-state index in [2.05, 4.69) is 25.3 Å². The third-order valence-corrected chi connectivity index (χ3v) is 9.22. The molecule has 35 heavy (non-hydrogen) atoms. The maximum absolute atomic E-state index is 6.38. The Morgan fingerprint density at radius 2 is 1.83 bits per heavy atom. The lowest BCUT2D eigenvalue weighted by Gasteiger charge is -2.39. The first kappa shape index (κ1) is 21.5. The van der Waals surface area contributed by atoms with Crippen molar-refractivity contribution in [1.82, 2.24) is 24.3 Å². The highest BCUT2D eigenvalue weighted by molar-refractivity contribution is 7.99. The molecule has 1 aliphatic carbocycles. The van der Waals surface area contributed by atoms with Crippen LogP contribution in [0, 0.1) is 5.41 Å². The molecule has 1 spiro atoms. The molecule has 1 saturated heterocycles. The second-order valence-corrected chi connectivity index (χ2v) is 11.4. The lowest BCUT2D eigenvalue weighted by atomic mass is 9.76. The monoisotopic (exact) mass is 521 g/mol. The molecule has 0 radical (unpaired) electrons. The SMILES string of the molecule is Nc1nccc(Sc2ccc3nc(N4CCC5(CC4)Cc4cc(Cl)cnc4C5)c4cnc2n34)c1Cl. The highest BCUT2D eigenvalue weighted by atomic mass is 35.5. The van der Waals surface area contributed by atoms with E-state index in [-0.39, 0.29) is 5.41 Å². The fourth-order valence-electron chi connectivity index (χ4n) is 5.61. The molecular formula is C25H21Cl2N7S. The summed E-state index contributed by atoms with van der Waals surface area (Å²) in [5, 5.41) is 1.19. The topological polar surface area (TPSA) is 85.2 Å².